The third kappa shape index (κ3) is 5.06. The van der Waals surface area contributed by atoms with Crippen LogP contribution in [0.4, 0.5) is 4.79 Å². The van der Waals surface area contributed by atoms with Gasteiger partial charge < -0.3 is 16.0 Å². The van der Waals surface area contributed by atoms with E-state index in [1.165, 1.54) is 17.5 Å². The summed E-state index contributed by atoms with van der Waals surface area (Å²) in [5.74, 6) is 0.630. The number of urea groups is 1. The highest BCUT2D eigenvalue weighted by Crippen LogP contribution is 2.22. The molecule has 1 aliphatic heterocycles. The number of aryl methyl sites for hydroxylation is 2. The summed E-state index contributed by atoms with van der Waals surface area (Å²) in [6, 6.07) is 8.05. The molecule has 1 aromatic rings. The SMILES string of the molecule is Cc1ccc(CCC2CCN(C(=O)CNC(N)=O)CC2)cc1. The molecule has 0 bridgehead atoms. The predicted molar refractivity (Wildman–Crippen MR) is 86.4 cm³/mol. The Kier molecular flexibility index (Phi) is 5.81. The van der Waals surface area contributed by atoms with Gasteiger partial charge in [0, 0.05) is 13.1 Å². The number of nitrogens with one attached hydrogen (secondary N) is 1. The third-order valence-corrected chi connectivity index (χ3v) is 4.34. The van der Waals surface area contributed by atoms with Crippen molar-refractivity contribution in [3.63, 3.8) is 0 Å². The average Bonchev–Trinajstić information content (AvgIpc) is 2.52. The first kappa shape index (κ1) is 16.3. The smallest absolute Gasteiger partial charge is 0.312 e. The van der Waals surface area contributed by atoms with E-state index in [2.05, 4.69) is 36.5 Å². The zero-order chi connectivity index (χ0) is 15.9. The van der Waals surface area contributed by atoms with Gasteiger partial charge in [-0.2, -0.15) is 0 Å². The van der Waals surface area contributed by atoms with E-state index in [0.717, 1.165) is 32.4 Å². The zero-order valence-corrected chi connectivity index (χ0v) is 13.2. The highest BCUT2D eigenvalue weighted by atomic mass is 16.2. The molecule has 22 heavy (non-hydrogen) atoms. The van der Waals surface area contributed by atoms with Crippen molar-refractivity contribution in [1.29, 1.82) is 0 Å². The molecule has 0 spiro atoms. The van der Waals surface area contributed by atoms with Gasteiger partial charge in [0.25, 0.3) is 0 Å². The quantitative estimate of drug-likeness (QED) is 0.871. The van der Waals surface area contributed by atoms with Gasteiger partial charge in [-0.1, -0.05) is 29.8 Å². The third-order valence-electron chi connectivity index (χ3n) is 4.34. The monoisotopic (exact) mass is 303 g/mol. The van der Waals surface area contributed by atoms with Crippen LogP contribution in [0.2, 0.25) is 0 Å². The van der Waals surface area contributed by atoms with Gasteiger partial charge in [0.15, 0.2) is 0 Å². The normalized spacial score (nSPS) is 15.6. The summed E-state index contributed by atoms with van der Waals surface area (Å²) in [6.07, 6.45) is 4.34. The Labute approximate surface area is 131 Å². The minimum atomic E-state index is -0.652. The van der Waals surface area contributed by atoms with E-state index in [-0.39, 0.29) is 12.5 Å². The van der Waals surface area contributed by atoms with Crippen LogP contribution < -0.4 is 11.1 Å². The Bertz CT molecular complexity index is 505. The lowest BCUT2D eigenvalue weighted by Crippen LogP contribution is -2.45. The number of carbonyl (C=O) groups excluding carboxylic acids is 2. The Morgan fingerprint density at radius 3 is 2.45 bits per heavy atom. The number of nitrogens with two attached hydrogens (primary N) is 1. The van der Waals surface area contributed by atoms with Gasteiger partial charge in [0.1, 0.15) is 0 Å². The number of piperidine rings is 1. The fourth-order valence-electron chi connectivity index (χ4n) is 2.87. The van der Waals surface area contributed by atoms with E-state index in [4.69, 9.17) is 5.73 Å². The fraction of sp³-hybridized carbons (Fsp3) is 0.529. The molecular formula is C17H25N3O2. The van der Waals surface area contributed by atoms with Gasteiger partial charge in [-0.25, -0.2) is 4.79 Å². The van der Waals surface area contributed by atoms with E-state index < -0.39 is 6.03 Å². The van der Waals surface area contributed by atoms with Crippen LogP contribution in [0.1, 0.15) is 30.4 Å². The summed E-state index contributed by atoms with van der Waals surface area (Å²) in [5.41, 5.74) is 7.65. The van der Waals surface area contributed by atoms with E-state index >= 15 is 0 Å². The van der Waals surface area contributed by atoms with Gasteiger partial charge in [-0.3, -0.25) is 4.79 Å². The average molecular weight is 303 g/mol. The van der Waals surface area contributed by atoms with Crippen molar-refractivity contribution in [1.82, 2.24) is 10.2 Å². The number of amides is 3. The van der Waals surface area contributed by atoms with Gasteiger partial charge in [0.2, 0.25) is 5.91 Å². The van der Waals surface area contributed by atoms with Crippen molar-refractivity contribution >= 4 is 11.9 Å². The maximum absolute atomic E-state index is 11.9. The fourth-order valence-corrected chi connectivity index (χ4v) is 2.87. The highest BCUT2D eigenvalue weighted by Gasteiger charge is 2.22. The molecule has 5 heteroatoms. The topological polar surface area (TPSA) is 75.4 Å². The second-order valence-corrected chi connectivity index (χ2v) is 6.07. The predicted octanol–water partition coefficient (Wildman–Crippen LogP) is 1.83. The molecule has 3 N–H and O–H groups in total. The molecule has 5 nitrogen and oxygen atoms in total. The van der Waals surface area contributed by atoms with Crippen molar-refractivity contribution in [3.05, 3.63) is 35.4 Å². The van der Waals surface area contributed by atoms with E-state index in [9.17, 15) is 9.59 Å². The standard InChI is InChI=1S/C17H25N3O2/c1-13-2-4-14(5-3-13)6-7-15-8-10-20(11-9-15)16(21)12-19-17(18)22/h2-5,15H,6-12H2,1H3,(H3,18,19,22). The lowest BCUT2D eigenvalue weighted by atomic mass is 9.90. The zero-order valence-electron chi connectivity index (χ0n) is 13.2. The molecule has 1 aromatic carbocycles. The van der Waals surface area contributed by atoms with Crippen LogP contribution in [0.5, 0.6) is 0 Å². The maximum Gasteiger partial charge on any atom is 0.312 e. The van der Waals surface area contributed by atoms with E-state index in [1.807, 2.05) is 4.90 Å². The van der Waals surface area contributed by atoms with Crippen LogP contribution in [0, 0.1) is 12.8 Å². The van der Waals surface area contributed by atoms with Crippen LogP contribution in [0.25, 0.3) is 0 Å². The summed E-state index contributed by atoms with van der Waals surface area (Å²) in [7, 11) is 0. The lowest BCUT2D eigenvalue weighted by Gasteiger charge is -2.32. The van der Waals surface area contributed by atoms with Crippen molar-refractivity contribution in [3.8, 4) is 0 Å². The molecule has 120 valence electrons. The van der Waals surface area contributed by atoms with Crippen molar-refractivity contribution in [2.75, 3.05) is 19.6 Å². The van der Waals surface area contributed by atoms with Crippen LogP contribution in [-0.4, -0.2) is 36.5 Å². The maximum atomic E-state index is 11.9. The molecule has 3 amide bonds. The first-order valence-electron chi connectivity index (χ1n) is 7.91. The van der Waals surface area contributed by atoms with Gasteiger partial charge in [-0.05, 0) is 44.1 Å². The highest BCUT2D eigenvalue weighted by molar-refractivity contribution is 5.83. The number of benzene rings is 1. The van der Waals surface area contributed by atoms with Crippen molar-refractivity contribution in [2.45, 2.75) is 32.6 Å². The molecule has 0 unspecified atom stereocenters. The minimum Gasteiger partial charge on any atom is -0.352 e. The molecule has 0 atom stereocenters. The van der Waals surface area contributed by atoms with Gasteiger partial charge in [-0.15, -0.1) is 0 Å². The summed E-state index contributed by atoms with van der Waals surface area (Å²) < 4.78 is 0. The number of primary amides is 1. The molecule has 1 fully saturated rings. The Morgan fingerprint density at radius 2 is 1.86 bits per heavy atom. The second-order valence-electron chi connectivity index (χ2n) is 6.07. The van der Waals surface area contributed by atoms with Crippen molar-refractivity contribution in [2.24, 2.45) is 11.7 Å². The Balaban J connectivity index is 1.69. The molecule has 2 rings (SSSR count). The van der Waals surface area contributed by atoms with Crippen LogP contribution in [0.15, 0.2) is 24.3 Å². The van der Waals surface area contributed by atoms with Crippen LogP contribution >= 0.6 is 0 Å². The summed E-state index contributed by atoms with van der Waals surface area (Å²) in [4.78, 5) is 24.3. The largest absolute Gasteiger partial charge is 0.352 e. The number of hydrogen-bond donors (Lipinski definition) is 2. The molecule has 1 saturated heterocycles. The molecule has 1 heterocycles. The van der Waals surface area contributed by atoms with Crippen molar-refractivity contribution < 1.29 is 9.59 Å². The molecule has 0 aromatic heterocycles. The number of carbonyl (C=O) groups is 2. The van der Waals surface area contributed by atoms with E-state index in [0.29, 0.717) is 5.92 Å². The number of likely N-dealkylation sites (tertiary alicyclic amines) is 1. The first-order chi connectivity index (χ1) is 10.5. The molecule has 1 aliphatic rings. The van der Waals surface area contributed by atoms with Crippen LogP contribution in [-0.2, 0) is 11.2 Å². The number of hydrogen-bond acceptors (Lipinski definition) is 2. The van der Waals surface area contributed by atoms with Gasteiger partial charge >= 0.3 is 6.03 Å². The van der Waals surface area contributed by atoms with E-state index in [1.54, 1.807) is 0 Å². The summed E-state index contributed by atoms with van der Waals surface area (Å²) >= 11 is 0. The molecular weight excluding hydrogens is 278 g/mol. The summed E-state index contributed by atoms with van der Waals surface area (Å²) in [6.45, 7) is 3.66. The second kappa shape index (κ2) is 7.82. The summed E-state index contributed by atoms with van der Waals surface area (Å²) in [5, 5.41) is 2.35. The number of rotatable bonds is 5. The molecule has 0 radical (unpaired) electrons. The first-order valence-corrected chi connectivity index (χ1v) is 7.91. The Morgan fingerprint density at radius 1 is 1.23 bits per heavy atom. The lowest BCUT2D eigenvalue weighted by molar-refractivity contribution is -0.131. The molecule has 0 saturated carbocycles. The number of nitrogens with zero attached hydrogens (tertiary/aromatic N) is 1. The van der Waals surface area contributed by atoms with Crippen LogP contribution in [0.3, 0.4) is 0 Å². The van der Waals surface area contributed by atoms with Gasteiger partial charge in [0.05, 0.1) is 6.54 Å². The molecule has 0 aliphatic carbocycles. The minimum absolute atomic E-state index is 0.00334. The Hall–Kier alpha value is -2.04.